The van der Waals surface area contributed by atoms with Gasteiger partial charge in [-0.2, -0.15) is 0 Å². The highest BCUT2D eigenvalue weighted by Crippen LogP contribution is 2.11. The SMILES string of the molecule is CC(C)Cc1nc(C(=O)C(C)C)co1. The molecule has 78 valence electrons. The molecule has 0 aliphatic rings. The van der Waals surface area contributed by atoms with E-state index in [4.69, 9.17) is 4.42 Å². The van der Waals surface area contributed by atoms with Crippen LogP contribution in [-0.2, 0) is 6.42 Å². The fourth-order valence-corrected chi connectivity index (χ4v) is 1.16. The van der Waals surface area contributed by atoms with Crippen LogP contribution in [0.15, 0.2) is 10.7 Å². The Kier molecular flexibility index (Phi) is 3.44. The van der Waals surface area contributed by atoms with Crippen LogP contribution in [0, 0.1) is 11.8 Å². The van der Waals surface area contributed by atoms with Crippen molar-refractivity contribution in [3.63, 3.8) is 0 Å². The molecule has 0 aromatic carbocycles. The van der Waals surface area contributed by atoms with Crippen LogP contribution in [0.25, 0.3) is 0 Å². The molecule has 1 heterocycles. The number of rotatable bonds is 4. The Balaban J connectivity index is 2.73. The van der Waals surface area contributed by atoms with Crippen molar-refractivity contribution >= 4 is 5.78 Å². The van der Waals surface area contributed by atoms with Crippen molar-refractivity contribution in [3.8, 4) is 0 Å². The summed E-state index contributed by atoms with van der Waals surface area (Å²) in [5.74, 6) is 1.18. The second kappa shape index (κ2) is 4.40. The molecular formula is C11H17NO2. The molecule has 0 bridgehead atoms. The van der Waals surface area contributed by atoms with Crippen LogP contribution in [-0.4, -0.2) is 10.8 Å². The predicted octanol–water partition coefficient (Wildman–Crippen LogP) is 2.71. The quantitative estimate of drug-likeness (QED) is 0.694. The minimum absolute atomic E-state index is 0.0213. The standard InChI is InChI=1S/C11H17NO2/c1-7(2)5-10-12-9(6-14-10)11(13)8(3)4/h6-8H,5H2,1-4H3. The highest BCUT2D eigenvalue weighted by molar-refractivity contribution is 5.95. The molecule has 14 heavy (non-hydrogen) atoms. The van der Waals surface area contributed by atoms with E-state index in [9.17, 15) is 4.79 Å². The lowest BCUT2D eigenvalue weighted by Gasteiger charge is -1.98. The molecule has 0 fully saturated rings. The number of carbonyl (C=O) groups is 1. The number of carbonyl (C=O) groups excluding carboxylic acids is 1. The van der Waals surface area contributed by atoms with Gasteiger partial charge in [0, 0.05) is 12.3 Å². The van der Waals surface area contributed by atoms with Gasteiger partial charge in [-0.1, -0.05) is 27.7 Å². The Morgan fingerprint density at radius 3 is 2.57 bits per heavy atom. The molecule has 1 rings (SSSR count). The van der Waals surface area contributed by atoms with Gasteiger partial charge in [0.1, 0.15) is 12.0 Å². The summed E-state index contributed by atoms with van der Waals surface area (Å²) in [6.07, 6.45) is 2.24. The zero-order chi connectivity index (χ0) is 10.7. The average molecular weight is 195 g/mol. The molecule has 0 amide bonds. The molecule has 0 aliphatic heterocycles. The average Bonchev–Trinajstić information content (AvgIpc) is 2.50. The van der Waals surface area contributed by atoms with Crippen molar-refractivity contribution in [2.75, 3.05) is 0 Å². The minimum Gasteiger partial charge on any atom is -0.448 e. The van der Waals surface area contributed by atoms with Crippen molar-refractivity contribution in [1.29, 1.82) is 0 Å². The van der Waals surface area contributed by atoms with Gasteiger partial charge in [0.25, 0.3) is 0 Å². The summed E-state index contributed by atoms with van der Waals surface area (Å²) >= 11 is 0. The fraction of sp³-hybridized carbons (Fsp3) is 0.636. The van der Waals surface area contributed by atoms with E-state index in [2.05, 4.69) is 18.8 Å². The van der Waals surface area contributed by atoms with Gasteiger partial charge in [-0.15, -0.1) is 0 Å². The molecule has 1 aromatic heterocycles. The van der Waals surface area contributed by atoms with E-state index in [-0.39, 0.29) is 11.7 Å². The van der Waals surface area contributed by atoms with Crippen LogP contribution >= 0.6 is 0 Å². The lowest BCUT2D eigenvalue weighted by atomic mass is 10.1. The molecule has 0 radical (unpaired) electrons. The predicted molar refractivity (Wildman–Crippen MR) is 54.2 cm³/mol. The van der Waals surface area contributed by atoms with Gasteiger partial charge in [-0.3, -0.25) is 4.79 Å². The normalized spacial score (nSPS) is 11.3. The maximum absolute atomic E-state index is 11.5. The molecule has 1 aromatic rings. The van der Waals surface area contributed by atoms with Gasteiger partial charge >= 0.3 is 0 Å². The number of nitrogens with zero attached hydrogens (tertiary/aromatic N) is 1. The van der Waals surface area contributed by atoms with Gasteiger partial charge < -0.3 is 4.42 Å². The minimum atomic E-state index is -0.0213. The van der Waals surface area contributed by atoms with E-state index in [0.29, 0.717) is 17.5 Å². The molecule has 0 saturated heterocycles. The van der Waals surface area contributed by atoms with Gasteiger partial charge in [-0.25, -0.2) is 4.98 Å². The number of oxazole rings is 1. The third-order valence-corrected chi connectivity index (χ3v) is 1.91. The maximum Gasteiger partial charge on any atom is 0.194 e. The largest absolute Gasteiger partial charge is 0.448 e. The Morgan fingerprint density at radius 2 is 2.07 bits per heavy atom. The van der Waals surface area contributed by atoms with E-state index >= 15 is 0 Å². The molecule has 0 aliphatic carbocycles. The Morgan fingerprint density at radius 1 is 1.43 bits per heavy atom. The van der Waals surface area contributed by atoms with Crippen LogP contribution in [0.1, 0.15) is 44.1 Å². The van der Waals surface area contributed by atoms with Gasteiger partial charge in [0.15, 0.2) is 11.7 Å². The summed E-state index contributed by atoms with van der Waals surface area (Å²) in [7, 11) is 0. The van der Waals surface area contributed by atoms with E-state index in [1.165, 1.54) is 6.26 Å². The van der Waals surface area contributed by atoms with Crippen molar-refractivity contribution in [2.45, 2.75) is 34.1 Å². The second-order valence-corrected chi connectivity index (χ2v) is 4.24. The number of hydrogen-bond donors (Lipinski definition) is 0. The highest BCUT2D eigenvalue weighted by atomic mass is 16.3. The summed E-state index contributed by atoms with van der Waals surface area (Å²) in [6, 6.07) is 0. The third kappa shape index (κ3) is 2.69. The Hall–Kier alpha value is -1.12. The van der Waals surface area contributed by atoms with E-state index in [1.807, 2.05) is 13.8 Å². The van der Waals surface area contributed by atoms with Crippen molar-refractivity contribution in [2.24, 2.45) is 11.8 Å². The van der Waals surface area contributed by atoms with E-state index in [1.54, 1.807) is 0 Å². The first-order chi connectivity index (χ1) is 6.50. The van der Waals surface area contributed by atoms with Crippen molar-refractivity contribution in [3.05, 3.63) is 17.8 Å². The van der Waals surface area contributed by atoms with Crippen LogP contribution in [0.3, 0.4) is 0 Å². The van der Waals surface area contributed by atoms with Gasteiger partial charge in [0.05, 0.1) is 0 Å². The van der Waals surface area contributed by atoms with Crippen LogP contribution in [0.2, 0.25) is 0 Å². The molecule has 3 nitrogen and oxygen atoms in total. The lowest BCUT2D eigenvalue weighted by molar-refractivity contribution is 0.0934. The smallest absolute Gasteiger partial charge is 0.194 e. The summed E-state index contributed by atoms with van der Waals surface area (Å²) in [4.78, 5) is 15.7. The summed E-state index contributed by atoms with van der Waals surface area (Å²) in [5, 5.41) is 0. The third-order valence-electron chi connectivity index (χ3n) is 1.91. The van der Waals surface area contributed by atoms with Gasteiger partial charge in [-0.05, 0) is 5.92 Å². The Bertz CT molecular complexity index is 313. The zero-order valence-electron chi connectivity index (χ0n) is 9.20. The maximum atomic E-state index is 11.5. The first-order valence-corrected chi connectivity index (χ1v) is 4.99. The monoisotopic (exact) mass is 195 g/mol. The first-order valence-electron chi connectivity index (χ1n) is 4.99. The number of Topliss-reactive ketones (excluding diaryl/α,β-unsaturated/α-hetero) is 1. The topological polar surface area (TPSA) is 43.1 Å². The summed E-state index contributed by atoms with van der Waals surface area (Å²) < 4.78 is 5.21. The fourth-order valence-electron chi connectivity index (χ4n) is 1.16. The lowest BCUT2D eigenvalue weighted by Crippen LogP contribution is -2.08. The molecule has 3 heteroatoms. The molecule has 0 atom stereocenters. The molecule has 0 N–H and O–H groups in total. The second-order valence-electron chi connectivity index (χ2n) is 4.24. The van der Waals surface area contributed by atoms with E-state index in [0.717, 1.165) is 6.42 Å². The number of ketones is 1. The van der Waals surface area contributed by atoms with Gasteiger partial charge in [0.2, 0.25) is 0 Å². The molecule has 0 unspecified atom stereocenters. The molecule has 0 saturated carbocycles. The summed E-state index contributed by atoms with van der Waals surface area (Å²) in [5.41, 5.74) is 0.454. The molecular weight excluding hydrogens is 178 g/mol. The van der Waals surface area contributed by atoms with Crippen LogP contribution < -0.4 is 0 Å². The Labute approximate surface area is 84.5 Å². The van der Waals surface area contributed by atoms with Crippen LogP contribution in [0.4, 0.5) is 0 Å². The van der Waals surface area contributed by atoms with Crippen molar-refractivity contribution in [1.82, 2.24) is 4.98 Å². The van der Waals surface area contributed by atoms with Crippen LogP contribution in [0.5, 0.6) is 0 Å². The number of hydrogen-bond acceptors (Lipinski definition) is 3. The van der Waals surface area contributed by atoms with Crippen molar-refractivity contribution < 1.29 is 9.21 Å². The van der Waals surface area contributed by atoms with E-state index < -0.39 is 0 Å². The number of aromatic nitrogens is 1. The highest BCUT2D eigenvalue weighted by Gasteiger charge is 2.15. The zero-order valence-corrected chi connectivity index (χ0v) is 9.20. The molecule has 0 spiro atoms. The first kappa shape index (κ1) is 11.0. The summed E-state index contributed by atoms with van der Waals surface area (Å²) in [6.45, 7) is 7.90.